The summed E-state index contributed by atoms with van der Waals surface area (Å²) in [6.07, 6.45) is -4.69. The highest BCUT2D eigenvalue weighted by Crippen LogP contribution is 2.34. The van der Waals surface area contributed by atoms with E-state index in [1.54, 1.807) is 25.1 Å². The van der Waals surface area contributed by atoms with Gasteiger partial charge in [-0.1, -0.05) is 35.9 Å². The molecule has 0 unspecified atom stereocenters. The first-order valence-corrected chi connectivity index (χ1v) is 12.2. The third-order valence-electron chi connectivity index (χ3n) is 5.02. The number of amides is 1. The number of nitrogens with zero attached hydrogens (tertiary/aromatic N) is 2. The Hall–Kier alpha value is -3.83. The molecule has 0 bridgehead atoms. The Labute approximate surface area is 209 Å². The van der Waals surface area contributed by atoms with E-state index in [2.05, 4.69) is 15.1 Å². The summed E-state index contributed by atoms with van der Waals surface area (Å²) >= 11 is 5.91. The summed E-state index contributed by atoms with van der Waals surface area (Å²) < 4.78 is 68.5. The average molecular weight is 535 g/mol. The maximum atomic E-state index is 13.0. The van der Waals surface area contributed by atoms with Gasteiger partial charge < -0.3 is 5.32 Å². The van der Waals surface area contributed by atoms with Gasteiger partial charge in [0.25, 0.3) is 15.9 Å². The van der Waals surface area contributed by atoms with Crippen LogP contribution in [-0.4, -0.2) is 24.1 Å². The molecule has 1 aromatic heterocycles. The predicted molar refractivity (Wildman–Crippen MR) is 130 cm³/mol. The van der Waals surface area contributed by atoms with Gasteiger partial charge in [0.15, 0.2) is 0 Å². The van der Waals surface area contributed by atoms with Crippen LogP contribution in [0.3, 0.4) is 0 Å². The van der Waals surface area contributed by atoms with Crippen LogP contribution in [0.1, 0.15) is 21.6 Å². The summed E-state index contributed by atoms with van der Waals surface area (Å²) in [5.74, 6) is -0.243. The number of carbonyl (C=O) groups is 1. The van der Waals surface area contributed by atoms with Crippen LogP contribution in [0.4, 0.5) is 24.7 Å². The van der Waals surface area contributed by atoms with E-state index in [9.17, 15) is 26.4 Å². The highest BCUT2D eigenvalue weighted by molar-refractivity contribution is 7.92. The van der Waals surface area contributed by atoms with Gasteiger partial charge in [0.05, 0.1) is 32.6 Å². The molecule has 36 heavy (non-hydrogen) atoms. The summed E-state index contributed by atoms with van der Waals surface area (Å²) in [4.78, 5) is 12.6. The Balaban J connectivity index is 1.60. The SMILES string of the molecule is Cc1cc(NC(=O)c2cccc(S(=O)(=O)Nc3cc(C(F)(F)F)ccc3Cl)c2)n(-c2ccccc2)n1. The number of aryl methyl sites for hydroxylation is 1. The highest BCUT2D eigenvalue weighted by Gasteiger charge is 2.31. The number of anilines is 2. The van der Waals surface area contributed by atoms with Crippen molar-refractivity contribution in [1.82, 2.24) is 9.78 Å². The first kappa shape index (κ1) is 25.3. The van der Waals surface area contributed by atoms with Crippen molar-refractivity contribution < 1.29 is 26.4 Å². The van der Waals surface area contributed by atoms with E-state index in [-0.39, 0.29) is 15.5 Å². The standard InChI is InChI=1S/C24H18ClF3N4O3S/c1-15-12-22(32(30-15)18-7-3-2-4-8-18)29-23(33)16-6-5-9-19(13-16)36(34,35)31-21-14-17(24(26,27)28)10-11-20(21)25/h2-14,31H,1H3,(H,29,33). The van der Waals surface area contributed by atoms with Gasteiger partial charge in [-0.25, -0.2) is 13.1 Å². The van der Waals surface area contributed by atoms with Gasteiger partial charge in [0.2, 0.25) is 0 Å². The number of nitrogens with one attached hydrogen (secondary N) is 2. The molecular weight excluding hydrogens is 517 g/mol. The van der Waals surface area contributed by atoms with E-state index in [0.29, 0.717) is 23.3 Å². The van der Waals surface area contributed by atoms with Crippen LogP contribution in [0, 0.1) is 6.92 Å². The largest absolute Gasteiger partial charge is 0.416 e. The van der Waals surface area contributed by atoms with Crippen LogP contribution in [0.15, 0.2) is 83.8 Å². The molecule has 0 aliphatic carbocycles. The Morgan fingerprint density at radius 1 is 0.972 bits per heavy atom. The zero-order valence-corrected chi connectivity index (χ0v) is 20.1. The summed E-state index contributed by atoms with van der Waals surface area (Å²) in [7, 11) is -4.37. The van der Waals surface area contributed by atoms with Gasteiger partial charge in [-0.15, -0.1) is 0 Å². The number of para-hydroxylation sites is 1. The molecule has 0 saturated heterocycles. The van der Waals surface area contributed by atoms with E-state index in [4.69, 9.17) is 11.6 Å². The zero-order chi connectivity index (χ0) is 26.1. The number of halogens is 4. The number of rotatable bonds is 6. The summed E-state index contributed by atoms with van der Waals surface area (Å²) in [6.45, 7) is 1.76. The Morgan fingerprint density at radius 2 is 1.69 bits per heavy atom. The van der Waals surface area contributed by atoms with Gasteiger partial charge in [-0.3, -0.25) is 9.52 Å². The molecule has 0 radical (unpaired) electrons. The number of aromatic nitrogens is 2. The van der Waals surface area contributed by atoms with Crippen molar-refractivity contribution in [2.45, 2.75) is 18.0 Å². The van der Waals surface area contributed by atoms with Crippen LogP contribution in [-0.2, 0) is 16.2 Å². The highest BCUT2D eigenvalue weighted by atomic mass is 35.5. The van der Waals surface area contributed by atoms with E-state index in [1.165, 1.54) is 22.9 Å². The fourth-order valence-electron chi connectivity index (χ4n) is 3.33. The first-order valence-electron chi connectivity index (χ1n) is 10.4. The van der Waals surface area contributed by atoms with Crippen molar-refractivity contribution in [3.05, 3.63) is 101 Å². The van der Waals surface area contributed by atoms with Gasteiger partial charge in [-0.2, -0.15) is 18.3 Å². The molecule has 0 fully saturated rings. The number of sulfonamides is 1. The number of benzene rings is 3. The molecule has 7 nitrogen and oxygen atoms in total. The Morgan fingerprint density at radius 3 is 2.39 bits per heavy atom. The molecule has 2 N–H and O–H groups in total. The summed E-state index contributed by atoms with van der Waals surface area (Å²) in [5, 5.41) is 6.86. The number of hydrogen-bond acceptors (Lipinski definition) is 4. The van der Waals surface area contributed by atoms with Gasteiger partial charge in [-0.05, 0) is 55.5 Å². The van der Waals surface area contributed by atoms with E-state index in [1.807, 2.05) is 18.2 Å². The van der Waals surface area contributed by atoms with Gasteiger partial charge in [0.1, 0.15) is 5.82 Å². The lowest BCUT2D eigenvalue weighted by Gasteiger charge is -2.13. The minimum Gasteiger partial charge on any atom is -0.306 e. The lowest BCUT2D eigenvalue weighted by Crippen LogP contribution is -2.17. The van der Waals surface area contributed by atoms with Crippen molar-refractivity contribution in [3.8, 4) is 5.69 Å². The summed E-state index contributed by atoms with van der Waals surface area (Å²) in [5.41, 5.74) is -0.148. The number of hydrogen-bond donors (Lipinski definition) is 2. The molecule has 0 spiro atoms. The monoisotopic (exact) mass is 534 g/mol. The topological polar surface area (TPSA) is 93.1 Å². The third kappa shape index (κ3) is 5.52. The molecule has 0 aliphatic heterocycles. The Kier molecular flexibility index (Phi) is 6.79. The van der Waals surface area contributed by atoms with Crippen molar-refractivity contribution in [1.29, 1.82) is 0 Å². The van der Waals surface area contributed by atoms with Gasteiger partial charge >= 0.3 is 6.18 Å². The van der Waals surface area contributed by atoms with Crippen LogP contribution in [0.2, 0.25) is 5.02 Å². The van der Waals surface area contributed by atoms with Crippen molar-refractivity contribution in [2.24, 2.45) is 0 Å². The molecule has 3 aromatic carbocycles. The minimum absolute atomic E-state index is 0.00600. The first-order chi connectivity index (χ1) is 16.9. The van der Waals surface area contributed by atoms with Crippen molar-refractivity contribution >= 4 is 39.0 Å². The molecule has 4 aromatic rings. The molecule has 0 aliphatic rings. The molecule has 0 saturated carbocycles. The predicted octanol–water partition coefficient (Wildman–Crippen LogP) is 5.91. The zero-order valence-electron chi connectivity index (χ0n) is 18.5. The van der Waals surface area contributed by atoms with E-state index < -0.39 is 33.4 Å². The van der Waals surface area contributed by atoms with Crippen LogP contribution in [0.25, 0.3) is 5.69 Å². The van der Waals surface area contributed by atoms with Crippen LogP contribution < -0.4 is 10.0 Å². The molecule has 12 heteroatoms. The molecule has 186 valence electrons. The second-order valence-corrected chi connectivity index (χ2v) is 9.79. The second-order valence-electron chi connectivity index (χ2n) is 7.70. The Bertz CT molecular complexity index is 1540. The maximum absolute atomic E-state index is 13.0. The lowest BCUT2D eigenvalue weighted by molar-refractivity contribution is -0.137. The van der Waals surface area contributed by atoms with Gasteiger partial charge in [0, 0.05) is 11.6 Å². The second kappa shape index (κ2) is 9.67. The smallest absolute Gasteiger partial charge is 0.306 e. The maximum Gasteiger partial charge on any atom is 0.416 e. The fourth-order valence-corrected chi connectivity index (χ4v) is 4.67. The van der Waals surface area contributed by atoms with Crippen LogP contribution in [0.5, 0.6) is 0 Å². The van der Waals surface area contributed by atoms with E-state index >= 15 is 0 Å². The molecule has 1 heterocycles. The van der Waals surface area contributed by atoms with Crippen molar-refractivity contribution in [3.63, 3.8) is 0 Å². The quantitative estimate of drug-likeness (QED) is 0.322. The lowest BCUT2D eigenvalue weighted by atomic mass is 10.2. The molecule has 1 amide bonds. The van der Waals surface area contributed by atoms with Crippen molar-refractivity contribution in [2.75, 3.05) is 10.0 Å². The minimum atomic E-state index is -4.69. The normalized spacial score (nSPS) is 11.8. The average Bonchev–Trinajstić information content (AvgIpc) is 3.20. The molecule has 0 atom stereocenters. The molecular formula is C24H18ClF3N4O3S. The fraction of sp³-hybridized carbons (Fsp3) is 0.0833. The van der Waals surface area contributed by atoms with E-state index in [0.717, 1.165) is 18.2 Å². The number of carbonyl (C=O) groups excluding carboxylic acids is 1. The van der Waals surface area contributed by atoms with Crippen LogP contribution >= 0.6 is 11.6 Å². The molecule has 4 rings (SSSR count). The third-order valence-corrected chi connectivity index (χ3v) is 6.71. The number of alkyl halides is 3. The summed E-state index contributed by atoms with van der Waals surface area (Å²) in [6, 6.07) is 18.1.